The third-order valence-corrected chi connectivity index (χ3v) is 5.34. The molecule has 0 spiro atoms. The second-order valence-electron chi connectivity index (χ2n) is 7.53. The van der Waals surface area contributed by atoms with Crippen molar-refractivity contribution in [3.63, 3.8) is 0 Å². The van der Waals surface area contributed by atoms with Crippen molar-refractivity contribution in [3.8, 4) is 0 Å². The largest absolute Gasteiger partial charge is 0.481 e. The molecule has 4 nitrogen and oxygen atoms in total. The summed E-state index contributed by atoms with van der Waals surface area (Å²) in [6.45, 7) is 8.69. The summed E-state index contributed by atoms with van der Waals surface area (Å²) >= 11 is 0. The van der Waals surface area contributed by atoms with Gasteiger partial charge in [0.05, 0.1) is 12.0 Å². The third kappa shape index (κ3) is 3.34. The van der Waals surface area contributed by atoms with Crippen LogP contribution in [0.4, 0.5) is 0 Å². The van der Waals surface area contributed by atoms with E-state index in [1.807, 2.05) is 0 Å². The molecule has 0 aromatic carbocycles. The van der Waals surface area contributed by atoms with Gasteiger partial charge in [0.25, 0.3) is 0 Å². The fraction of sp³-hybridized carbons (Fsp3) is 0.938. The van der Waals surface area contributed by atoms with Crippen molar-refractivity contribution < 1.29 is 14.6 Å². The van der Waals surface area contributed by atoms with Crippen molar-refractivity contribution in [2.75, 3.05) is 20.2 Å². The predicted molar refractivity (Wildman–Crippen MR) is 78.7 cm³/mol. The van der Waals surface area contributed by atoms with Crippen molar-refractivity contribution in [2.45, 2.75) is 58.6 Å². The number of hydrogen-bond donors (Lipinski definition) is 1. The lowest BCUT2D eigenvalue weighted by atomic mass is 9.67. The molecule has 4 unspecified atom stereocenters. The van der Waals surface area contributed by atoms with Gasteiger partial charge >= 0.3 is 5.97 Å². The van der Waals surface area contributed by atoms with Gasteiger partial charge in [-0.3, -0.25) is 9.69 Å². The highest BCUT2D eigenvalue weighted by Gasteiger charge is 2.43. The highest BCUT2D eigenvalue weighted by atomic mass is 16.5. The zero-order valence-electron chi connectivity index (χ0n) is 13.3. The van der Waals surface area contributed by atoms with Gasteiger partial charge in [-0.1, -0.05) is 20.8 Å². The van der Waals surface area contributed by atoms with E-state index >= 15 is 0 Å². The minimum absolute atomic E-state index is 0.186. The van der Waals surface area contributed by atoms with Crippen molar-refractivity contribution in [3.05, 3.63) is 0 Å². The van der Waals surface area contributed by atoms with Crippen molar-refractivity contribution in [1.29, 1.82) is 0 Å². The van der Waals surface area contributed by atoms with E-state index in [4.69, 9.17) is 4.74 Å². The van der Waals surface area contributed by atoms with Crippen LogP contribution in [0.3, 0.4) is 0 Å². The van der Waals surface area contributed by atoms with Crippen molar-refractivity contribution in [1.82, 2.24) is 4.90 Å². The Bertz CT molecular complexity index is 350. The number of nitrogens with zero attached hydrogens (tertiary/aromatic N) is 1. The van der Waals surface area contributed by atoms with Crippen LogP contribution in [0.25, 0.3) is 0 Å². The Morgan fingerprint density at radius 1 is 1.25 bits per heavy atom. The van der Waals surface area contributed by atoms with Crippen LogP contribution >= 0.6 is 0 Å². The van der Waals surface area contributed by atoms with Crippen LogP contribution in [0.2, 0.25) is 0 Å². The van der Waals surface area contributed by atoms with Crippen LogP contribution in [0.15, 0.2) is 0 Å². The Balaban J connectivity index is 2.09. The number of methoxy groups -OCH3 is 1. The Labute approximate surface area is 122 Å². The number of carboxylic acids is 1. The third-order valence-electron chi connectivity index (χ3n) is 5.34. The Morgan fingerprint density at radius 3 is 2.45 bits per heavy atom. The first-order valence-corrected chi connectivity index (χ1v) is 7.82. The number of ether oxygens (including phenoxy) is 1. The van der Waals surface area contributed by atoms with Crippen LogP contribution < -0.4 is 0 Å². The summed E-state index contributed by atoms with van der Waals surface area (Å²) < 4.78 is 5.43. The molecule has 0 aromatic heterocycles. The fourth-order valence-corrected chi connectivity index (χ4v) is 3.87. The molecule has 1 aliphatic heterocycles. The smallest absolute Gasteiger partial charge is 0.308 e. The SMILES string of the molecule is COC1CCN(C2CC(C(C)(C)C)CCC2C(=O)O)C1. The number of rotatable bonds is 3. The maximum absolute atomic E-state index is 11.6. The number of aliphatic carboxylic acids is 1. The average Bonchev–Trinajstić information content (AvgIpc) is 2.85. The second-order valence-corrected chi connectivity index (χ2v) is 7.53. The molecular formula is C16H29NO3. The molecule has 2 fully saturated rings. The molecule has 0 amide bonds. The van der Waals surface area contributed by atoms with Crippen LogP contribution in [0.5, 0.6) is 0 Å². The first-order chi connectivity index (χ1) is 9.32. The summed E-state index contributed by atoms with van der Waals surface area (Å²) in [5.74, 6) is -0.211. The second kappa shape index (κ2) is 6.02. The van der Waals surface area contributed by atoms with E-state index in [9.17, 15) is 9.90 Å². The van der Waals surface area contributed by atoms with E-state index in [1.165, 1.54) is 0 Å². The molecule has 1 saturated carbocycles. The van der Waals surface area contributed by atoms with Gasteiger partial charge in [0.1, 0.15) is 0 Å². The molecular weight excluding hydrogens is 254 g/mol. The molecule has 20 heavy (non-hydrogen) atoms. The minimum Gasteiger partial charge on any atom is -0.481 e. The molecule has 1 heterocycles. The highest BCUT2D eigenvalue weighted by Crippen LogP contribution is 2.42. The summed E-state index contributed by atoms with van der Waals surface area (Å²) in [6.07, 6.45) is 4.17. The van der Waals surface area contributed by atoms with Gasteiger partial charge in [-0.25, -0.2) is 0 Å². The van der Waals surface area contributed by atoms with Gasteiger partial charge in [-0.05, 0) is 37.0 Å². The normalized spacial score (nSPS) is 36.2. The van der Waals surface area contributed by atoms with Gasteiger partial charge in [0, 0.05) is 26.2 Å². The van der Waals surface area contributed by atoms with Gasteiger partial charge in [-0.2, -0.15) is 0 Å². The van der Waals surface area contributed by atoms with Crippen LogP contribution in [-0.2, 0) is 9.53 Å². The standard InChI is InChI=1S/C16H29NO3/c1-16(2,3)11-5-6-13(15(18)19)14(9-11)17-8-7-12(10-17)20-4/h11-14H,5-10H2,1-4H3,(H,18,19). The first kappa shape index (κ1) is 15.8. The monoisotopic (exact) mass is 283 g/mol. The number of carbonyl (C=O) groups is 1. The molecule has 2 rings (SSSR count). The molecule has 1 aliphatic carbocycles. The van der Waals surface area contributed by atoms with Gasteiger partial charge < -0.3 is 9.84 Å². The summed E-state index contributed by atoms with van der Waals surface area (Å²) in [5, 5.41) is 9.52. The molecule has 2 aliphatic rings. The highest BCUT2D eigenvalue weighted by molar-refractivity contribution is 5.71. The fourth-order valence-electron chi connectivity index (χ4n) is 3.87. The molecule has 0 bridgehead atoms. The Kier molecular flexibility index (Phi) is 4.75. The molecule has 1 N–H and O–H groups in total. The lowest BCUT2D eigenvalue weighted by Gasteiger charge is -2.43. The van der Waals surface area contributed by atoms with Crippen LogP contribution in [0, 0.1) is 17.3 Å². The van der Waals surface area contributed by atoms with E-state index in [1.54, 1.807) is 7.11 Å². The molecule has 0 radical (unpaired) electrons. The summed E-state index contributed by atoms with van der Waals surface area (Å²) in [4.78, 5) is 13.9. The lowest BCUT2D eigenvalue weighted by molar-refractivity contribution is -0.146. The Hall–Kier alpha value is -0.610. The quantitative estimate of drug-likeness (QED) is 0.865. The Morgan fingerprint density at radius 2 is 1.95 bits per heavy atom. The van der Waals surface area contributed by atoms with Gasteiger partial charge in [0.2, 0.25) is 0 Å². The van der Waals surface area contributed by atoms with Crippen LogP contribution in [-0.4, -0.2) is 48.3 Å². The van der Waals surface area contributed by atoms with E-state index in [0.717, 1.165) is 38.8 Å². The van der Waals surface area contributed by atoms with Gasteiger partial charge in [-0.15, -0.1) is 0 Å². The maximum atomic E-state index is 11.6. The molecule has 0 aromatic rings. The number of hydrogen-bond acceptors (Lipinski definition) is 3. The van der Waals surface area contributed by atoms with E-state index in [0.29, 0.717) is 5.92 Å². The van der Waals surface area contributed by atoms with Crippen LogP contribution in [0.1, 0.15) is 46.5 Å². The van der Waals surface area contributed by atoms with E-state index < -0.39 is 5.97 Å². The summed E-state index contributed by atoms with van der Waals surface area (Å²) in [6, 6.07) is 0.186. The van der Waals surface area contributed by atoms with E-state index in [2.05, 4.69) is 25.7 Å². The lowest BCUT2D eigenvalue weighted by Crippen LogP contribution is -2.48. The summed E-state index contributed by atoms with van der Waals surface area (Å²) in [7, 11) is 1.75. The molecule has 1 saturated heterocycles. The van der Waals surface area contributed by atoms with Gasteiger partial charge in [0.15, 0.2) is 0 Å². The average molecular weight is 283 g/mol. The zero-order valence-corrected chi connectivity index (χ0v) is 13.3. The first-order valence-electron chi connectivity index (χ1n) is 7.82. The molecule has 4 heteroatoms. The zero-order chi connectivity index (χ0) is 14.9. The number of carboxylic acid groups (broad SMARTS) is 1. The molecule has 116 valence electrons. The van der Waals surface area contributed by atoms with Crippen molar-refractivity contribution >= 4 is 5.97 Å². The van der Waals surface area contributed by atoms with E-state index in [-0.39, 0.29) is 23.5 Å². The molecule has 4 atom stereocenters. The predicted octanol–water partition coefficient (Wildman–Crippen LogP) is 2.62. The maximum Gasteiger partial charge on any atom is 0.308 e. The number of likely N-dealkylation sites (tertiary alicyclic amines) is 1. The van der Waals surface area contributed by atoms with Crippen molar-refractivity contribution in [2.24, 2.45) is 17.3 Å². The summed E-state index contributed by atoms with van der Waals surface area (Å²) in [5.41, 5.74) is 0.266. The topological polar surface area (TPSA) is 49.8 Å². The minimum atomic E-state index is -0.622.